The summed E-state index contributed by atoms with van der Waals surface area (Å²) in [7, 11) is 1.59. The van der Waals surface area contributed by atoms with Gasteiger partial charge in [0.15, 0.2) is 0 Å². The van der Waals surface area contributed by atoms with Gasteiger partial charge < -0.3 is 15.4 Å². The molecule has 3 aromatic rings. The Balaban J connectivity index is 1.75. The van der Waals surface area contributed by atoms with Crippen LogP contribution in [0.15, 0.2) is 89.0 Å². The lowest BCUT2D eigenvalue weighted by atomic mass is 10.1. The Hall–Kier alpha value is -3.38. The van der Waals surface area contributed by atoms with Gasteiger partial charge in [0.1, 0.15) is 11.4 Å². The summed E-state index contributed by atoms with van der Waals surface area (Å²) >= 11 is 3.35. The van der Waals surface area contributed by atoms with Gasteiger partial charge in [0.25, 0.3) is 11.8 Å². The topological polar surface area (TPSA) is 67.4 Å². The molecule has 0 aliphatic heterocycles. The van der Waals surface area contributed by atoms with E-state index in [-0.39, 0.29) is 17.5 Å². The van der Waals surface area contributed by atoms with Crippen LogP contribution in [0.25, 0.3) is 6.08 Å². The molecular weight excluding hydrogens is 456 g/mol. The maximum absolute atomic E-state index is 12.9. The zero-order chi connectivity index (χ0) is 22.1. The summed E-state index contributed by atoms with van der Waals surface area (Å²) in [5, 5.41) is 5.63. The molecule has 0 spiro atoms. The molecule has 3 aromatic carbocycles. The lowest BCUT2D eigenvalue weighted by Crippen LogP contribution is -2.35. The third-order valence-corrected chi connectivity index (χ3v) is 5.10. The molecule has 6 heteroatoms. The van der Waals surface area contributed by atoms with Crippen LogP contribution in [0.2, 0.25) is 0 Å². The van der Waals surface area contributed by atoms with Gasteiger partial charge in [-0.3, -0.25) is 9.59 Å². The van der Waals surface area contributed by atoms with Crippen LogP contribution < -0.4 is 15.4 Å². The molecule has 0 saturated carbocycles. The van der Waals surface area contributed by atoms with E-state index in [1.807, 2.05) is 42.5 Å². The summed E-state index contributed by atoms with van der Waals surface area (Å²) in [6.45, 7) is 0.455. The van der Waals surface area contributed by atoms with E-state index in [9.17, 15) is 9.59 Å². The van der Waals surface area contributed by atoms with Crippen molar-refractivity contribution >= 4 is 33.8 Å². The third-order valence-electron chi connectivity index (χ3n) is 4.57. The van der Waals surface area contributed by atoms with Crippen molar-refractivity contribution < 1.29 is 14.3 Å². The van der Waals surface area contributed by atoms with Gasteiger partial charge in [-0.15, -0.1) is 0 Å². The van der Waals surface area contributed by atoms with Gasteiger partial charge in [0.2, 0.25) is 0 Å². The molecule has 0 atom stereocenters. The van der Waals surface area contributed by atoms with Crippen LogP contribution in [0.5, 0.6) is 5.75 Å². The molecule has 2 amide bonds. The minimum atomic E-state index is -0.356. The molecule has 0 unspecified atom stereocenters. The molecule has 0 radical (unpaired) electrons. The highest BCUT2D eigenvalue weighted by atomic mass is 79.9. The van der Waals surface area contributed by atoms with Crippen LogP contribution in [0, 0.1) is 0 Å². The first kappa shape index (κ1) is 22.3. The summed E-state index contributed by atoms with van der Waals surface area (Å²) in [5.41, 5.74) is 2.53. The second-order valence-corrected chi connectivity index (χ2v) is 7.70. The molecule has 3 rings (SSSR count). The number of carbonyl (C=O) groups is 2. The molecule has 0 bridgehead atoms. The fourth-order valence-corrected chi connectivity index (χ4v) is 3.15. The fraction of sp³-hybridized carbons (Fsp3) is 0.120. The highest BCUT2D eigenvalue weighted by Crippen LogP contribution is 2.15. The average Bonchev–Trinajstić information content (AvgIpc) is 2.80. The van der Waals surface area contributed by atoms with E-state index in [2.05, 4.69) is 26.6 Å². The Morgan fingerprint density at radius 2 is 1.61 bits per heavy atom. The maximum atomic E-state index is 12.9. The highest BCUT2D eigenvalue weighted by Gasteiger charge is 2.14. The van der Waals surface area contributed by atoms with Gasteiger partial charge in [-0.25, -0.2) is 0 Å². The molecular formula is C25H23BrN2O3. The van der Waals surface area contributed by atoms with Crippen molar-refractivity contribution in [2.45, 2.75) is 6.42 Å². The van der Waals surface area contributed by atoms with Crippen molar-refractivity contribution in [2.24, 2.45) is 0 Å². The fourth-order valence-electron chi connectivity index (χ4n) is 2.88. The summed E-state index contributed by atoms with van der Waals surface area (Å²) in [4.78, 5) is 25.5. The van der Waals surface area contributed by atoms with Crippen molar-refractivity contribution in [1.29, 1.82) is 0 Å². The molecule has 0 aliphatic carbocycles. The van der Waals surface area contributed by atoms with Crippen molar-refractivity contribution in [1.82, 2.24) is 10.6 Å². The van der Waals surface area contributed by atoms with Crippen LogP contribution >= 0.6 is 15.9 Å². The Morgan fingerprint density at radius 1 is 0.935 bits per heavy atom. The second kappa shape index (κ2) is 11.1. The monoisotopic (exact) mass is 478 g/mol. The molecule has 0 saturated heterocycles. The highest BCUT2D eigenvalue weighted by molar-refractivity contribution is 9.10. The van der Waals surface area contributed by atoms with Crippen LogP contribution in [-0.4, -0.2) is 25.5 Å². The quantitative estimate of drug-likeness (QED) is 0.465. The molecule has 0 fully saturated rings. The smallest absolute Gasteiger partial charge is 0.267 e. The van der Waals surface area contributed by atoms with E-state index < -0.39 is 0 Å². The molecule has 5 nitrogen and oxygen atoms in total. The lowest BCUT2D eigenvalue weighted by Gasteiger charge is -2.12. The summed E-state index contributed by atoms with van der Waals surface area (Å²) < 4.78 is 6.05. The summed E-state index contributed by atoms with van der Waals surface area (Å²) in [6, 6.07) is 24.1. The number of hydrogen-bond donors (Lipinski definition) is 2. The first-order valence-electron chi connectivity index (χ1n) is 9.80. The van der Waals surface area contributed by atoms with Crippen LogP contribution in [0.4, 0.5) is 0 Å². The number of amides is 2. The molecule has 0 aromatic heterocycles. The predicted octanol–water partition coefficient (Wildman–Crippen LogP) is 4.59. The van der Waals surface area contributed by atoms with Gasteiger partial charge >= 0.3 is 0 Å². The minimum absolute atomic E-state index is 0.172. The molecule has 158 valence electrons. The van der Waals surface area contributed by atoms with Crippen molar-refractivity contribution in [3.8, 4) is 5.75 Å². The van der Waals surface area contributed by atoms with Crippen molar-refractivity contribution in [3.05, 3.63) is 106 Å². The van der Waals surface area contributed by atoms with Crippen LogP contribution in [0.1, 0.15) is 21.5 Å². The molecule has 0 aliphatic rings. The second-order valence-electron chi connectivity index (χ2n) is 6.78. The number of halogens is 1. The largest absolute Gasteiger partial charge is 0.497 e. The molecule has 31 heavy (non-hydrogen) atoms. The van der Waals surface area contributed by atoms with E-state index >= 15 is 0 Å². The normalized spacial score (nSPS) is 11.0. The SMILES string of the molecule is COc1ccc(/C=C(/NC(=O)c2ccc(Br)cc2)C(=O)NCCc2ccccc2)cc1. The Labute approximate surface area is 190 Å². The van der Waals surface area contributed by atoms with E-state index in [0.717, 1.165) is 15.6 Å². The number of hydrogen-bond acceptors (Lipinski definition) is 3. The lowest BCUT2D eigenvalue weighted by molar-refractivity contribution is -0.117. The van der Waals surface area contributed by atoms with Crippen molar-refractivity contribution in [3.63, 3.8) is 0 Å². The van der Waals surface area contributed by atoms with E-state index in [0.29, 0.717) is 24.3 Å². The Morgan fingerprint density at radius 3 is 2.26 bits per heavy atom. The van der Waals surface area contributed by atoms with Gasteiger partial charge in [0, 0.05) is 16.6 Å². The Kier molecular flexibility index (Phi) is 8.01. The van der Waals surface area contributed by atoms with Crippen LogP contribution in [0.3, 0.4) is 0 Å². The first-order valence-corrected chi connectivity index (χ1v) is 10.6. The zero-order valence-electron chi connectivity index (χ0n) is 17.1. The Bertz CT molecular complexity index is 1050. The molecule has 2 N–H and O–H groups in total. The number of benzene rings is 3. The summed E-state index contributed by atoms with van der Waals surface area (Å²) in [5.74, 6) is 0.00703. The van der Waals surface area contributed by atoms with Gasteiger partial charge in [-0.1, -0.05) is 58.4 Å². The minimum Gasteiger partial charge on any atom is -0.497 e. The standard InChI is InChI=1S/C25H23BrN2O3/c1-31-22-13-7-19(8-14-22)17-23(28-24(29)20-9-11-21(26)12-10-20)25(30)27-16-15-18-5-3-2-4-6-18/h2-14,17H,15-16H2,1H3,(H,27,30)(H,28,29)/b23-17+. The zero-order valence-corrected chi connectivity index (χ0v) is 18.7. The number of methoxy groups -OCH3 is 1. The van der Waals surface area contributed by atoms with Gasteiger partial charge in [0.05, 0.1) is 7.11 Å². The number of nitrogens with one attached hydrogen (secondary N) is 2. The van der Waals surface area contributed by atoms with Gasteiger partial charge in [-0.2, -0.15) is 0 Å². The maximum Gasteiger partial charge on any atom is 0.267 e. The number of ether oxygens (including phenoxy) is 1. The van der Waals surface area contributed by atoms with E-state index in [1.54, 1.807) is 49.6 Å². The first-order chi connectivity index (χ1) is 15.0. The number of carbonyl (C=O) groups excluding carboxylic acids is 2. The van der Waals surface area contributed by atoms with E-state index in [1.165, 1.54) is 0 Å². The van der Waals surface area contributed by atoms with Crippen molar-refractivity contribution in [2.75, 3.05) is 13.7 Å². The van der Waals surface area contributed by atoms with Gasteiger partial charge in [-0.05, 0) is 60.0 Å². The molecule has 0 heterocycles. The predicted molar refractivity (Wildman–Crippen MR) is 126 cm³/mol. The number of rotatable bonds is 8. The third kappa shape index (κ3) is 6.83. The van der Waals surface area contributed by atoms with Crippen LogP contribution in [-0.2, 0) is 11.2 Å². The van der Waals surface area contributed by atoms with E-state index in [4.69, 9.17) is 4.74 Å². The average molecular weight is 479 g/mol. The summed E-state index contributed by atoms with van der Waals surface area (Å²) in [6.07, 6.45) is 2.34.